The largest absolute Gasteiger partial charge is 0.469 e. The number of carbonyl (C=O) groups excluding carboxylic acids is 2. The van der Waals surface area contributed by atoms with E-state index in [0.717, 1.165) is 37.2 Å². The van der Waals surface area contributed by atoms with Gasteiger partial charge in [0.2, 0.25) is 0 Å². The Balaban J connectivity index is 1.72. The lowest BCUT2D eigenvalue weighted by atomic mass is 10.0. The third kappa shape index (κ3) is 2.73. The second kappa shape index (κ2) is 5.76. The number of amides is 2. The first-order valence-corrected chi connectivity index (χ1v) is 7.43. The molecule has 2 heterocycles. The van der Waals surface area contributed by atoms with Gasteiger partial charge >= 0.3 is 12.0 Å². The van der Waals surface area contributed by atoms with Crippen LogP contribution in [-0.2, 0) is 16.0 Å². The Kier molecular flexibility index (Phi) is 3.82. The van der Waals surface area contributed by atoms with Crippen LogP contribution in [0.4, 0.5) is 10.5 Å². The van der Waals surface area contributed by atoms with Gasteiger partial charge in [-0.05, 0) is 37.0 Å². The molecule has 5 heteroatoms. The monoisotopic (exact) mass is 288 g/mol. The standard InChI is InChI=1S/C16H20N2O3/c1-21-15(19)10-12-5-7-13(8-6-12)18-11-14-4-2-3-9-17(14)16(18)20/h5-8,14H,2-4,9-11H2,1H3/t14-/m0/s1. The Morgan fingerprint density at radius 1 is 1.29 bits per heavy atom. The lowest BCUT2D eigenvalue weighted by Gasteiger charge is -2.27. The Morgan fingerprint density at radius 2 is 2.05 bits per heavy atom. The predicted molar refractivity (Wildman–Crippen MR) is 79.2 cm³/mol. The van der Waals surface area contributed by atoms with Crippen molar-refractivity contribution in [1.29, 1.82) is 0 Å². The molecule has 0 radical (unpaired) electrons. The van der Waals surface area contributed by atoms with Crippen LogP contribution in [0.25, 0.3) is 0 Å². The minimum absolute atomic E-state index is 0.111. The molecule has 2 fully saturated rings. The zero-order valence-electron chi connectivity index (χ0n) is 12.2. The van der Waals surface area contributed by atoms with Gasteiger partial charge in [-0.15, -0.1) is 0 Å². The number of benzene rings is 1. The number of hydrogen-bond donors (Lipinski definition) is 0. The number of esters is 1. The molecule has 3 rings (SSSR count). The number of piperidine rings is 1. The molecule has 21 heavy (non-hydrogen) atoms. The molecule has 5 nitrogen and oxygen atoms in total. The maximum Gasteiger partial charge on any atom is 0.324 e. The Bertz CT molecular complexity index is 541. The first kappa shape index (κ1) is 13.9. The number of urea groups is 1. The smallest absolute Gasteiger partial charge is 0.324 e. The second-order valence-electron chi connectivity index (χ2n) is 5.66. The van der Waals surface area contributed by atoms with E-state index in [9.17, 15) is 9.59 Å². The minimum atomic E-state index is -0.253. The molecule has 0 N–H and O–H groups in total. The van der Waals surface area contributed by atoms with E-state index in [1.165, 1.54) is 13.5 Å². The van der Waals surface area contributed by atoms with Crippen molar-refractivity contribution in [3.05, 3.63) is 29.8 Å². The van der Waals surface area contributed by atoms with Crippen molar-refractivity contribution < 1.29 is 14.3 Å². The van der Waals surface area contributed by atoms with Crippen LogP contribution in [0.15, 0.2) is 24.3 Å². The summed E-state index contributed by atoms with van der Waals surface area (Å²) >= 11 is 0. The highest BCUT2D eigenvalue weighted by molar-refractivity contribution is 5.94. The first-order valence-electron chi connectivity index (χ1n) is 7.43. The van der Waals surface area contributed by atoms with Crippen molar-refractivity contribution in [2.75, 3.05) is 25.1 Å². The molecule has 1 aromatic carbocycles. The van der Waals surface area contributed by atoms with Gasteiger partial charge in [0.05, 0.1) is 19.6 Å². The summed E-state index contributed by atoms with van der Waals surface area (Å²) < 4.78 is 4.66. The average Bonchev–Trinajstić information content (AvgIpc) is 2.85. The fraction of sp³-hybridized carbons (Fsp3) is 0.500. The summed E-state index contributed by atoms with van der Waals surface area (Å²) in [5, 5.41) is 0. The van der Waals surface area contributed by atoms with Gasteiger partial charge in [-0.25, -0.2) is 4.79 Å². The maximum absolute atomic E-state index is 12.4. The van der Waals surface area contributed by atoms with Crippen LogP contribution < -0.4 is 4.90 Å². The fourth-order valence-corrected chi connectivity index (χ4v) is 3.13. The third-order valence-corrected chi connectivity index (χ3v) is 4.32. The molecule has 0 unspecified atom stereocenters. The zero-order valence-corrected chi connectivity index (χ0v) is 12.2. The van der Waals surface area contributed by atoms with Gasteiger partial charge in [-0.1, -0.05) is 12.1 Å². The summed E-state index contributed by atoms with van der Waals surface area (Å²) in [6, 6.07) is 8.07. The number of anilines is 1. The van der Waals surface area contributed by atoms with Crippen molar-refractivity contribution in [1.82, 2.24) is 4.90 Å². The fourth-order valence-electron chi connectivity index (χ4n) is 3.13. The lowest BCUT2D eigenvalue weighted by Crippen LogP contribution is -2.38. The Hall–Kier alpha value is -2.04. The van der Waals surface area contributed by atoms with E-state index in [4.69, 9.17) is 0 Å². The van der Waals surface area contributed by atoms with Crippen LogP contribution in [-0.4, -0.2) is 43.1 Å². The van der Waals surface area contributed by atoms with Crippen LogP contribution in [0.3, 0.4) is 0 Å². The summed E-state index contributed by atoms with van der Waals surface area (Å²) in [6.07, 6.45) is 3.68. The Morgan fingerprint density at radius 3 is 2.71 bits per heavy atom. The molecule has 112 valence electrons. The van der Waals surface area contributed by atoms with E-state index in [-0.39, 0.29) is 18.4 Å². The first-order chi connectivity index (χ1) is 10.2. The van der Waals surface area contributed by atoms with Crippen molar-refractivity contribution in [3.63, 3.8) is 0 Å². The summed E-state index contributed by atoms with van der Waals surface area (Å²) in [5.41, 5.74) is 1.80. The summed E-state index contributed by atoms with van der Waals surface area (Å²) in [5.74, 6) is -0.253. The number of rotatable bonds is 3. The van der Waals surface area contributed by atoms with E-state index in [1.54, 1.807) is 0 Å². The predicted octanol–water partition coefficient (Wildman–Crippen LogP) is 2.20. The van der Waals surface area contributed by atoms with Crippen molar-refractivity contribution in [2.24, 2.45) is 0 Å². The molecule has 0 aromatic heterocycles. The van der Waals surface area contributed by atoms with E-state index < -0.39 is 0 Å². The average molecular weight is 288 g/mol. The quantitative estimate of drug-likeness (QED) is 0.801. The van der Waals surface area contributed by atoms with Crippen LogP contribution in [0.1, 0.15) is 24.8 Å². The molecule has 1 aromatic rings. The Labute approximate surface area is 124 Å². The third-order valence-electron chi connectivity index (χ3n) is 4.32. The molecule has 2 saturated heterocycles. The second-order valence-corrected chi connectivity index (χ2v) is 5.66. The van der Waals surface area contributed by atoms with E-state index in [0.29, 0.717) is 6.04 Å². The number of methoxy groups -OCH3 is 1. The van der Waals surface area contributed by atoms with Gasteiger partial charge in [-0.2, -0.15) is 0 Å². The maximum atomic E-state index is 12.4. The molecule has 2 aliphatic rings. The normalized spacial score (nSPS) is 21.4. The van der Waals surface area contributed by atoms with Gasteiger partial charge in [-0.3, -0.25) is 9.69 Å². The highest BCUT2D eigenvalue weighted by Crippen LogP contribution is 2.29. The molecular formula is C16H20N2O3. The molecule has 1 atom stereocenters. The number of fused-ring (bicyclic) bond motifs is 1. The van der Waals surface area contributed by atoms with Crippen LogP contribution in [0.5, 0.6) is 0 Å². The molecular weight excluding hydrogens is 268 g/mol. The molecule has 2 aliphatic heterocycles. The van der Waals surface area contributed by atoms with Crippen molar-refractivity contribution in [3.8, 4) is 0 Å². The van der Waals surface area contributed by atoms with Gasteiger partial charge < -0.3 is 9.64 Å². The minimum Gasteiger partial charge on any atom is -0.469 e. The lowest BCUT2D eigenvalue weighted by molar-refractivity contribution is -0.139. The summed E-state index contributed by atoms with van der Waals surface area (Å²) in [4.78, 5) is 27.5. The van der Waals surface area contributed by atoms with E-state index >= 15 is 0 Å². The molecule has 0 saturated carbocycles. The number of carbonyl (C=O) groups is 2. The molecule has 0 bridgehead atoms. The van der Waals surface area contributed by atoms with Gasteiger partial charge in [0, 0.05) is 18.8 Å². The SMILES string of the molecule is COC(=O)Cc1ccc(N2C[C@@H]3CCCCN3C2=O)cc1. The van der Waals surface area contributed by atoms with Gasteiger partial charge in [0.1, 0.15) is 0 Å². The van der Waals surface area contributed by atoms with E-state index in [2.05, 4.69) is 4.74 Å². The van der Waals surface area contributed by atoms with Gasteiger partial charge in [0.15, 0.2) is 0 Å². The summed E-state index contributed by atoms with van der Waals surface area (Å²) in [6.45, 7) is 1.65. The number of ether oxygens (including phenoxy) is 1. The van der Waals surface area contributed by atoms with Crippen molar-refractivity contribution in [2.45, 2.75) is 31.7 Å². The molecule has 0 aliphatic carbocycles. The highest BCUT2D eigenvalue weighted by atomic mass is 16.5. The van der Waals surface area contributed by atoms with Crippen LogP contribution >= 0.6 is 0 Å². The number of nitrogens with zero attached hydrogens (tertiary/aromatic N) is 2. The molecule has 2 amide bonds. The van der Waals surface area contributed by atoms with Crippen LogP contribution in [0, 0.1) is 0 Å². The summed E-state index contributed by atoms with van der Waals surface area (Å²) in [7, 11) is 1.38. The molecule has 0 spiro atoms. The van der Waals surface area contributed by atoms with Crippen LogP contribution in [0.2, 0.25) is 0 Å². The zero-order chi connectivity index (χ0) is 14.8. The van der Waals surface area contributed by atoms with E-state index in [1.807, 2.05) is 34.1 Å². The topological polar surface area (TPSA) is 49.9 Å². The van der Waals surface area contributed by atoms with Gasteiger partial charge in [0.25, 0.3) is 0 Å². The van der Waals surface area contributed by atoms with Crippen molar-refractivity contribution >= 4 is 17.7 Å². The highest BCUT2D eigenvalue weighted by Gasteiger charge is 2.38. The number of hydrogen-bond acceptors (Lipinski definition) is 3.